The lowest BCUT2D eigenvalue weighted by atomic mass is 9.91. The van der Waals surface area contributed by atoms with E-state index in [9.17, 15) is 9.59 Å². The van der Waals surface area contributed by atoms with Gasteiger partial charge in [-0.2, -0.15) is 5.10 Å². The molecule has 1 aromatic carbocycles. The van der Waals surface area contributed by atoms with Crippen molar-refractivity contribution < 1.29 is 14.3 Å². The molecule has 160 valence electrons. The first-order valence-electron chi connectivity index (χ1n) is 10.3. The minimum absolute atomic E-state index is 0.0422. The van der Waals surface area contributed by atoms with Crippen molar-refractivity contribution in [3.8, 4) is 0 Å². The van der Waals surface area contributed by atoms with E-state index >= 15 is 0 Å². The van der Waals surface area contributed by atoms with Crippen LogP contribution in [0.4, 0.5) is 0 Å². The maximum Gasteiger partial charge on any atom is 0.274 e. The molecule has 0 radical (unpaired) electrons. The van der Waals surface area contributed by atoms with Crippen molar-refractivity contribution in [3.05, 3.63) is 63.5 Å². The summed E-state index contributed by atoms with van der Waals surface area (Å²) in [5.74, 6) is -0.0751. The lowest BCUT2D eigenvalue weighted by Gasteiger charge is -2.35. The van der Waals surface area contributed by atoms with Crippen LogP contribution >= 0.6 is 15.9 Å². The second-order valence-corrected chi connectivity index (χ2v) is 8.76. The number of fused-ring (bicyclic) bond motifs is 2. The molecule has 2 aliphatic heterocycles. The van der Waals surface area contributed by atoms with Gasteiger partial charge in [-0.3, -0.25) is 9.59 Å². The highest BCUT2D eigenvalue weighted by Crippen LogP contribution is 2.31. The number of carbonyl (C=O) groups excluding carboxylic acids is 2. The summed E-state index contributed by atoms with van der Waals surface area (Å²) in [6, 6.07) is 7.44. The molecule has 0 aliphatic carbocycles. The average Bonchev–Trinajstić information content (AvgIpc) is 3.22. The second-order valence-electron chi connectivity index (χ2n) is 7.85. The van der Waals surface area contributed by atoms with Crippen LogP contribution in [-0.4, -0.2) is 69.1 Å². The number of nitrogens with zero attached hydrogens (tertiary/aromatic N) is 5. The molecule has 1 atom stereocenters. The minimum atomic E-state index is -0.117. The van der Waals surface area contributed by atoms with Crippen LogP contribution in [0.3, 0.4) is 0 Å². The highest BCUT2D eigenvalue weighted by Gasteiger charge is 2.30. The Bertz CT molecular complexity index is 1170. The van der Waals surface area contributed by atoms with E-state index in [0.29, 0.717) is 56.2 Å². The molecule has 1 unspecified atom stereocenters. The number of ether oxygens (including phenoxy) is 1. The fourth-order valence-electron chi connectivity index (χ4n) is 4.30. The van der Waals surface area contributed by atoms with E-state index in [0.717, 1.165) is 15.6 Å². The number of halogens is 1. The third-order valence-electron chi connectivity index (χ3n) is 5.99. The van der Waals surface area contributed by atoms with Crippen LogP contribution in [0, 0.1) is 0 Å². The predicted molar refractivity (Wildman–Crippen MR) is 117 cm³/mol. The summed E-state index contributed by atoms with van der Waals surface area (Å²) in [6.45, 7) is 5.01. The van der Waals surface area contributed by atoms with Crippen molar-refractivity contribution in [1.29, 1.82) is 0 Å². The molecule has 9 heteroatoms. The predicted octanol–water partition coefficient (Wildman–Crippen LogP) is 2.72. The second kappa shape index (κ2) is 8.05. The Morgan fingerprint density at radius 2 is 1.94 bits per heavy atom. The Labute approximate surface area is 187 Å². The van der Waals surface area contributed by atoms with Gasteiger partial charge in [-0.15, -0.1) is 0 Å². The summed E-state index contributed by atoms with van der Waals surface area (Å²) in [5.41, 5.74) is 3.89. The maximum absolute atomic E-state index is 13.2. The standard InChI is InChI=1S/C22H22BrN5O3/c1-14-18-3-2-16(21(29)26-6-8-31-9-7-26)10-15(18)4-5-27(14)22(30)19-11-20-24-12-17(23)13-28(20)25-19/h2-3,10-14H,4-9H2,1H3. The number of morpholine rings is 1. The number of hydrogen-bond donors (Lipinski definition) is 0. The number of benzene rings is 1. The van der Waals surface area contributed by atoms with Gasteiger partial charge in [0.2, 0.25) is 0 Å². The van der Waals surface area contributed by atoms with E-state index in [1.165, 1.54) is 0 Å². The summed E-state index contributed by atoms with van der Waals surface area (Å²) >= 11 is 3.37. The summed E-state index contributed by atoms with van der Waals surface area (Å²) in [4.78, 5) is 34.0. The Hall–Kier alpha value is -2.78. The first kappa shape index (κ1) is 20.1. The highest BCUT2D eigenvalue weighted by atomic mass is 79.9. The molecule has 8 nitrogen and oxygen atoms in total. The minimum Gasteiger partial charge on any atom is -0.378 e. The fourth-order valence-corrected chi connectivity index (χ4v) is 4.59. The van der Waals surface area contributed by atoms with Crippen molar-refractivity contribution in [2.24, 2.45) is 0 Å². The summed E-state index contributed by atoms with van der Waals surface area (Å²) in [7, 11) is 0. The van der Waals surface area contributed by atoms with Crippen molar-refractivity contribution in [2.45, 2.75) is 19.4 Å². The van der Waals surface area contributed by atoms with Gasteiger partial charge in [0.05, 0.1) is 23.7 Å². The molecular formula is C22H22BrN5O3. The molecule has 4 heterocycles. The van der Waals surface area contributed by atoms with Gasteiger partial charge >= 0.3 is 0 Å². The first-order chi connectivity index (χ1) is 15.0. The van der Waals surface area contributed by atoms with E-state index in [1.54, 1.807) is 23.0 Å². The number of rotatable bonds is 2. The van der Waals surface area contributed by atoms with Crippen molar-refractivity contribution in [1.82, 2.24) is 24.4 Å². The zero-order valence-corrected chi connectivity index (χ0v) is 18.7. The summed E-state index contributed by atoms with van der Waals surface area (Å²) in [6.07, 6.45) is 4.16. The van der Waals surface area contributed by atoms with Gasteiger partial charge in [-0.25, -0.2) is 9.50 Å². The molecule has 31 heavy (non-hydrogen) atoms. The number of amides is 2. The molecule has 2 amide bonds. The van der Waals surface area contributed by atoms with Crippen LogP contribution in [0.2, 0.25) is 0 Å². The monoisotopic (exact) mass is 483 g/mol. The number of hydrogen-bond acceptors (Lipinski definition) is 5. The van der Waals surface area contributed by atoms with Gasteiger partial charge in [-0.05, 0) is 52.5 Å². The van der Waals surface area contributed by atoms with Crippen molar-refractivity contribution in [3.63, 3.8) is 0 Å². The van der Waals surface area contributed by atoms with E-state index in [1.807, 2.05) is 34.9 Å². The van der Waals surface area contributed by atoms with E-state index < -0.39 is 0 Å². The van der Waals surface area contributed by atoms with Crippen LogP contribution in [0.25, 0.3) is 5.65 Å². The van der Waals surface area contributed by atoms with Crippen LogP contribution in [-0.2, 0) is 11.2 Å². The fraction of sp³-hybridized carbons (Fsp3) is 0.364. The van der Waals surface area contributed by atoms with Crippen LogP contribution < -0.4 is 0 Å². The molecule has 0 saturated carbocycles. The van der Waals surface area contributed by atoms with Gasteiger partial charge in [-0.1, -0.05) is 6.07 Å². The van der Waals surface area contributed by atoms with Gasteiger partial charge in [0, 0.05) is 43.7 Å². The molecular weight excluding hydrogens is 462 g/mol. The highest BCUT2D eigenvalue weighted by molar-refractivity contribution is 9.10. The van der Waals surface area contributed by atoms with E-state index in [2.05, 4.69) is 26.0 Å². The molecule has 5 rings (SSSR count). The Morgan fingerprint density at radius 3 is 2.74 bits per heavy atom. The molecule has 2 aliphatic rings. The van der Waals surface area contributed by atoms with Gasteiger partial charge in [0.1, 0.15) is 0 Å². The zero-order chi connectivity index (χ0) is 21.5. The van der Waals surface area contributed by atoms with E-state index in [4.69, 9.17) is 4.74 Å². The summed E-state index contributed by atoms with van der Waals surface area (Å²) in [5, 5.41) is 4.40. The van der Waals surface area contributed by atoms with Gasteiger partial charge in [0.15, 0.2) is 11.3 Å². The number of carbonyl (C=O) groups is 2. The van der Waals surface area contributed by atoms with Crippen LogP contribution in [0.15, 0.2) is 41.1 Å². The lowest BCUT2D eigenvalue weighted by molar-refractivity contribution is 0.0302. The Kier molecular flexibility index (Phi) is 5.23. The topological polar surface area (TPSA) is 80.0 Å². The van der Waals surface area contributed by atoms with Crippen molar-refractivity contribution >= 4 is 33.4 Å². The van der Waals surface area contributed by atoms with Gasteiger partial charge in [0.25, 0.3) is 11.8 Å². The zero-order valence-electron chi connectivity index (χ0n) is 17.1. The van der Waals surface area contributed by atoms with Crippen molar-refractivity contribution in [2.75, 3.05) is 32.8 Å². The average molecular weight is 484 g/mol. The molecule has 0 bridgehead atoms. The normalized spacial score (nSPS) is 18.8. The summed E-state index contributed by atoms with van der Waals surface area (Å²) < 4.78 is 7.74. The molecule has 3 aromatic rings. The molecule has 2 aromatic heterocycles. The number of aromatic nitrogens is 3. The van der Waals surface area contributed by atoms with Gasteiger partial charge < -0.3 is 14.5 Å². The maximum atomic E-state index is 13.2. The third kappa shape index (κ3) is 3.72. The van der Waals surface area contributed by atoms with Crippen LogP contribution in [0.5, 0.6) is 0 Å². The van der Waals surface area contributed by atoms with E-state index in [-0.39, 0.29) is 17.9 Å². The molecule has 1 saturated heterocycles. The third-order valence-corrected chi connectivity index (χ3v) is 6.40. The largest absolute Gasteiger partial charge is 0.378 e. The van der Waals surface area contributed by atoms with Crippen LogP contribution in [0.1, 0.15) is 44.9 Å². The Balaban J connectivity index is 1.37. The quantitative estimate of drug-likeness (QED) is 0.559. The lowest BCUT2D eigenvalue weighted by Crippen LogP contribution is -2.41. The smallest absolute Gasteiger partial charge is 0.274 e. The Morgan fingerprint density at radius 1 is 1.13 bits per heavy atom. The first-order valence-corrected chi connectivity index (χ1v) is 11.1. The molecule has 0 N–H and O–H groups in total. The SMILES string of the molecule is CC1c2ccc(C(=O)N3CCOCC3)cc2CCN1C(=O)c1cc2ncc(Br)cn2n1. The molecule has 0 spiro atoms. The molecule has 1 fully saturated rings.